The molecule has 130 valence electrons. The molecule has 0 aliphatic rings. The molecule has 4 nitrogen and oxygen atoms in total. The van der Waals surface area contributed by atoms with Crippen LogP contribution >= 0.6 is 0 Å². The second-order valence-electron chi connectivity index (χ2n) is 5.45. The standard InChI is InChI=1S/C17H13F3N2O2S/c1-25(23,24)14-9-7-12(8-10-14)16-21-15(17(18,19)20)11-22(16)13-5-3-2-4-6-13/h2-11H,1H3. The minimum absolute atomic E-state index is 0.0820. The van der Waals surface area contributed by atoms with Crippen LogP contribution in [0.5, 0.6) is 0 Å². The molecule has 0 radical (unpaired) electrons. The van der Waals surface area contributed by atoms with Crippen molar-refractivity contribution in [2.45, 2.75) is 11.1 Å². The predicted octanol–water partition coefficient (Wildman–Crippen LogP) is 3.96. The molecule has 0 N–H and O–H groups in total. The minimum atomic E-state index is -4.58. The molecular weight excluding hydrogens is 353 g/mol. The highest BCUT2D eigenvalue weighted by Gasteiger charge is 2.35. The van der Waals surface area contributed by atoms with Crippen LogP contribution < -0.4 is 0 Å². The Morgan fingerprint density at radius 1 is 0.960 bits per heavy atom. The lowest BCUT2D eigenvalue weighted by Crippen LogP contribution is -2.05. The number of nitrogens with zero attached hydrogens (tertiary/aromatic N) is 2. The van der Waals surface area contributed by atoms with E-state index >= 15 is 0 Å². The van der Waals surface area contributed by atoms with Gasteiger partial charge in [-0.05, 0) is 36.4 Å². The van der Waals surface area contributed by atoms with Gasteiger partial charge in [0.1, 0.15) is 5.82 Å². The third-order valence-corrected chi connectivity index (χ3v) is 4.70. The van der Waals surface area contributed by atoms with Crippen molar-refractivity contribution in [2.75, 3.05) is 6.26 Å². The van der Waals surface area contributed by atoms with Crippen LogP contribution in [0, 0.1) is 0 Å². The normalized spacial score (nSPS) is 12.3. The smallest absolute Gasteiger partial charge is 0.299 e. The van der Waals surface area contributed by atoms with E-state index in [0.29, 0.717) is 11.3 Å². The van der Waals surface area contributed by atoms with Gasteiger partial charge in [-0.15, -0.1) is 0 Å². The van der Waals surface area contributed by atoms with Crippen molar-refractivity contribution in [3.05, 3.63) is 66.5 Å². The summed E-state index contributed by atoms with van der Waals surface area (Å²) < 4.78 is 63.6. The number of halogens is 3. The SMILES string of the molecule is CS(=O)(=O)c1ccc(-c2nc(C(F)(F)F)cn2-c2ccccc2)cc1. The number of rotatable bonds is 3. The summed E-state index contributed by atoms with van der Waals surface area (Å²) in [5.74, 6) is 0.0820. The maximum absolute atomic E-state index is 13.1. The number of hydrogen-bond donors (Lipinski definition) is 0. The molecule has 0 bridgehead atoms. The molecule has 0 saturated carbocycles. The molecule has 0 saturated heterocycles. The minimum Gasteiger partial charge on any atom is -0.299 e. The van der Waals surface area contributed by atoms with E-state index in [4.69, 9.17) is 0 Å². The van der Waals surface area contributed by atoms with Gasteiger partial charge in [0.15, 0.2) is 15.5 Å². The molecular formula is C17H13F3N2O2S. The number of alkyl halides is 3. The van der Waals surface area contributed by atoms with Gasteiger partial charge in [-0.1, -0.05) is 18.2 Å². The summed E-state index contributed by atoms with van der Waals surface area (Å²) in [5.41, 5.74) is -0.113. The Balaban J connectivity index is 2.16. The molecule has 3 rings (SSSR count). The van der Waals surface area contributed by atoms with Crippen molar-refractivity contribution >= 4 is 9.84 Å². The molecule has 3 aromatic rings. The van der Waals surface area contributed by atoms with Crippen LogP contribution in [0.3, 0.4) is 0 Å². The highest BCUT2D eigenvalue weighted by atomic mass is 32.2. The number of para-hydroxylation sites is 1. The first-order valence-electron chi connectivity index (χ1n) is 7.19. The Morgan fingerprint density at radius 3 is 2.08 bits per heavy atom. The molecule has 8 heteroatoms. The van der Waals surface area contributed by atoms with Gasteiger partial charge in [0.2, 0.25) is 0 Å². The van der Waals surface area contributed by atoms with Crippen molar-refractivity contribution in [1.29, 1.82) is 0 Å². The Morgan fingerprint density at radius 2 is 1.56 bits per heavy atom. The van der Waals surface area contributed by atoms with Crippen LogP contribution in [0.15, 0.2) is 65.7 Å². The molecule has 0 aliphatic heterocycles. The van der Waals surface area contributed by atoms with E-state index in [1.54, 1.807) is 30.3 Å². The largest absolute Gasteiger partial charge is 0.434 e. The fraction of sp³-hybridized carbons (Fsp3) is 0.118. The lowest BCUT2D eigenvalue weighted by molar-refractivity contribution is -0.140. The van der Waals surface area contributed by atoms with E-state index in [-0.39, 0.29) is 10.7 Å². The fourth-order valence-electron chi connectivity index (χ4n) is 2.36. The number of benzene rings is 2. The molecule has 0 unspecified atom stereocenters. The quantitative estimate of drug-likeness (QED) is 0.705. The van der Waals surface area contributed by atoms with Gasteiger partial charge in [0.25, 0.3) is 0 Å². The monoisotopic (exact) mass is 366 g/mol. The van der Waals surface area contributed by atoms with Crippen molar-refractivity contribution in [3.8, 4) is 17.1 Å². The molecule has 0 atom stereocenters. The summed E-state index contributed by atoms with van der Waals surface area (Å²) in [6, 6.07) is 14.1. The highest BCUT2D eigenvalue weighted by Crippen LogP contribution is 2.32. The Bertz CT molecular complexity index is 993. The van der Waals surface area contributed by atoms with Crippen molar-refractivity contribution in [1.82, 2.24) is 9.55 Å². The van der Waals surface area contributed by atoms with E-state index in [0.717, 1.165) is 12.5 Å². The van der Waals surface area contributed by atoms with E-state index in [9.17, 15) is 21.6 Å². The van der Waals surface area contributed by atoms with Gasteiger partial charge in [-0.3, -0.25) is 4.57 Å². The first-order chi connectivity index (χ1) is 11.7. The second kappa shape index (κ2) is 6.03. The Labute approximate surface area is 142 Å². The Kier molecular flexibility index (Phi) is 4.16. The summed E-state index contributed by atoms with van der Waals surface area (Å²) in [4.78, 5) is 3.80. The first-order valence-corrected chi connectivity index (χ1v) is 9.08. The molecule has 2 aromatic carbocycles. The zero-order valence-corrected chi connectivity index (χ0v) is 13.8. The topological polar surface area (TPSA) is 52.0 Å². The lowest BCUT2D eigenvalue weighted by Gasteiger charge is -2.08. The third-order valence-electron chi connectivity index (χ3n) is 3.57. The van der Waals surface area contributed by atoms with Gasteiger partial charge in [0.05, 0.1) is 4.90 Å². The van der Waals surface area contributed by atoms with Crippen LogP contribution in [0.2, 0.25) is 0 Å². The van der Waals surface area contributed by atoms with Crippen LogP contribution in [-0.4, -0.2) is 24.2 Å². The third kappa shape index (κ3) is 3.58. The summed E-state index contributed by atoms with van der Waals surface area (Å²) in [7, 11) is -3.39. The van der Waals surface area contributed by atoms with Crippen LogP contribution in [0.1, 0.15) is 5.69 Å². The average Bonchev–Trinajstić information content (AvgIpc) is 3.00. The van der Waals surface area contributed by atoms with Crippen molar-refractivity contribution in [2.24, 2.45) is 0 Å². The van der Waals surface area contributed by atoms with E-state index in [1.807, 2.05) is 0 Å². The molecule has 1 heterocycles. The zero-order valence-electron chi connectivity index (χ0n) is 13.0. The summed E-state index contributed by atoms with van der Waals surface area (Å²) in [5, 5.41) is 0. The predicted molar refractivity (Wildman–Crippen MR) is 87.1 cm³/mol. The maximum atomic E-state index is 13.1. The molecule has 0 amide bonds. The lowest BCUT2D eigenvalue weighted by atomic mass is 10.2. The molecule has 25 heavy (non-hydrogen) atoms. The number of hydrogen-bond acceptors (Lipinski definition) is 3. The molecule has 1 aromatic heterocycles. The van der Waals surface area contributed by atoms with E-state index in [1.165, 1.54) is 28.8 Å². The van der Waals surface area contributed by atoms with Crippen LogP contribution in [0.25, 0.3) is 17.1 Å². The van der Waals surface area contributed by atoms with Crippen LogP contribution in [-0.2, 0) is 16.0 Å². The fourth-order valence-corrected chi connectivity index (χ4v) is 2.99. The van der Waals surface area contributed by atoms with Gasteiger partial charge in [-0.25, -0.2) is 13.4 Å². The average molecular weight is 366 g/mol. The molecule has 0 aliphatic carbocycles. The van der Waals surface area contributed by atoms with E-state index in [2.05, 4.69) is 4.98 Å². The van der Waals surface area contributed by atoms with Gasteiger partial charge < -0.3 is 0 Å². The zero-order chi connectivity index (χ0) is 18.2. The van der Waals surface area contributed by atoms with Gasteiger partial charge in [0, 0.05) is 23.7 Å². The highest BCUT2D eigenvalue weighted by molar-refractivity contribution is 7.90. The van der Waals surface area contributed by atoms with Crippen molar-refractivity contribution < 1.29 is 21.6 Å². The molecule has 0 spiro atoms. The summed E-state index contributed by atoms with van der Waals surface area (Å²) >= 11 is 0. The molecule has 0 fully saturated rings. The van der Waals surface area contributed by atoms with Crippen molar-refractivity contribution in [3.63, 3.8) is 0 Å². The number of aromatic nitrogens is 2. The van der Waals surface area contributed by atoms with E-state index < -0.39 is 21.7 Å². The number of sulfone groups is 1. The summed E-state index contributed by atoms with van der Waals surface area (Å²) in [6.07, 6.45) is -2.59. The second-order valence-corrected chi connectivity index (χ2v) is 7.47. The van der Waals surface area contributed by atoms with Gasteiger partial charge >= 0.3 is 6.18 Å². The maximum Gasteiger partial charge on any atom is 0.434 e. The first kappa shape index (κ1) is 17.2. The Hall–Kier alpha value is -2.61. The number of imidazole rings is 1. The van der Waals surface area contributed by atoms with Gasteiger partial charge in [-0.2, -0.15) is 13.2 Å². The summed E-state index contributed by atoms with van der Waals surface area (Å²) in [6.45, 7) is 0. The van der Waals surface area contributed by atoms with Crippen LogP contribution in [0.4, 0.5) is 13.2 Å².